The summed E-state index contributed by atoms with van der Waals surface area (Å²) in [5.74, 6) is -0.0260. The number of allylic oxidation sites excluding steroid dienone is 2. The molecule has 5 heteroatoms. The zero-order valence-corrected chi connectivity index (χ0v) is 20.2. The summed E-state index contributed by atoms with van der Waals surface area (Å²) >= 11 is 0. The topological polar surface area (TPSA) is 65.5 Å². The van der Waals surface area contributed by atoms with Gasteiger partial charge < -0.3 is 15.3 Å². The molecule has 1 aliphatic carbocycles. The summed E-state index contributed by atoms with van der Waals surface area (Å²) in [5, 5.41) is 13.2. The fourth-order valence-electron chi connectivity index (χ4n) is 5.49. The van der Waals surface area contributed by atoms with Crippen molar-refractivity contribution in [3.63, 3.8) is 0 Å². The van der Waals surface area contributed by atoms with Crippen molar-refractivity contribution >= 4 is 11.6 Å². The third-order valence-corrected chi connectivity index (χ3v) is 7.20. The number of aryl methyl sites for hydroxylation is 3. The fraction of sp³-hybridized carbons (Fsp3) is 0.500. The van der Waals surface area contributed by atoms with E-state index in [9.17, 15) is 9.90 Å². The quantitative estimate of drug-likeness (QED) is 0.663. The number of fused-ring (bicyclic) bond motifs is 2. The minimum atomic E-state index is -0.172. The van der Waals surface area contributed by atoms with Crippen molar-refractivity contribution in [3.05, 3.63) is 70.1 Å². The molecule has 4 rings (SSSR count). The zero-order valence-electron chi connectivity index (χ0n) is 20.2. The molecule has 176 valence electrons. The van der Waals surface area contributed by atoms with Gasteiger partial charge >= 0.3 is 0 Å². The molecule has 1 amide bonds. The van der Waals surface area contributed by atoms with Gasteiger partial charge in [-0.2, -0.15) is 0 Å². The number of carbonyl (C=O) groups excluding carboxylic acids is 1. The lowest BCUT2D eigenvalue weighted by Crippen LogP contribution is -2.40. The van der Waals surface area contributed by atoms with Crippen LogP contribution in [-0.2, 0) is 19.4 Å². The fourth-order valence-corrected chi connectivity index (χ4v) is 5.49. The van der Waals surface area contributed by atoms with Gasteiger partial charge in [-0.15, -0.1) is 0 Å². The average Bonchev–Trinajstić information content (AvgIpc) is 2.79. The van der Waals surface area contributed by atoms with Crippen LogP contribution in [0.25, 0.3) is 0 Å². The second kappa shape index (κ2) is 10.5. The van der Waals surface area contributed by atoms with Crippen LogP contribution >= 0.6 is 0 Å². The third kappa shape index (κ3) is 5.30. The van der Waals surface area contributed by atoms with E-state index in [1.807, 2.05) is 26.0 Å². The van der Waals surface area contributed by atoms with E-state index < -0.39 is 0 Å². The number of nitrogens with one attached hydrogen (secondary N) is 1. The van der Waals surface area contributed by atoms with Crippen LogP contribution in [0, 0.1) is 13.8 Å². The van der Waals surface area contributed by atoms with E-state index in [-0.39, 0.29) is 12.0 Å². The van der Waals surface area contributed by atoms with Crippen LogP contribution in [0.3, 0.4) is 0 Å². The summed E-state index contributed by atoms with van der Waals surface area (Å²) < 4.78 is 0. The Morgan fingerprint density at radius 1 is 1.12 bits per heavy atom. The number of aliphatic hydroxyl groups is 1. The van der Waals surface area contributed by atoms with Crippen molar-refractivity contribution < 1.29 is 9.90 Å². The zero-order chi connectivity index (χ0) is 23.4. The average molecular weight is 448 g/mol. The largest absolute Gasteiger partial charge is 0.393 e. The highest BCUT2D eigenvalue weighted by molar-refractivity contribution is 5.97. The Balaban J connectivity index is 1.68. The maximum Gasteiger partial charge on any atom is 0.251 e. The molecule has 5 nitrogen and oxygen atoms in total. The van der Waals surface area contributed by atoms with E-state index in [0.717, 1.165) is 85.3 Å². The molecule has 0 radical (unpaired) electrons. The molecule has 2 heterocycles. The molecule has 0 saturated heterocycles. The molecule has 1 aromatic carbocycles. The minimum absolute atomic E-state index is 0.0260. The highest BCUT2D eigenvalue weighted by Crippen LogP contribution is 2.32. The number of rotatable bonds is 3. The summed E-state index contributed by atoms with van der Waals surface area (Å²) in [6, 6.07) is 8.68. The Morgan fingerprint density at radius 3 is 2.67 bits per heavy atom. The van der Waals surface area contributed by atoms with Gasteiger partial charge in [0.05, 0.1) is 6.10 Å². The van der Waals surface area contributed by atoms with Gasteiger partial charge in [-0.3, -0.25) is 9.78 Å². The van der Waals surface area contributed by atoms with E-state index in [1.54, 1.807) is 0 Å². The Bertz CT molecular complexity index is 1020. The first kappa shape index (κ1) is 23.5. The van der Waals surface area contributed by atoms with Crippen molar-refractivity contribution in [2.75, 3.05) is 11.4 Å². The number of hydrogen-bond donors (Lipinski definition) is 2. The first-order valence-electron chi connectivity index (χ1n) is 12.4. The molecule has 0 bridgehead atoms. The number of aliphatic hydroxyl groups excluding tert-OH is 1. The predicted molar refractivity (Wildman–Crippen MR) is 134 cm³/mol. The summed E-state index contributed by atoms with van der Waals surface area (Å²) in [7, 11) is 0. The highest BCUT2D eigenvalue weighted by Gasteiger charge is 2.27. The Hall–Kier alpha value is -2.66. The van der Waals surface area contributed by atoms with Crippen LogP contribution in [0.4, 0.5) is 5.69 Å². The number of carbonyl (C=O) groups is 1. The Labute approximate surface area is 197 Å². The lowest BCUT2D eigenvalue weighted by atomic mass is 9.90. The van der Waals surface area contributed by atoms with Crippen molar-refractivity contribution in [1.82, 2.24) is 10.3 Å². The van der Waals surface area contributed by atoms with E-state index in [4.69, 9.17) is 0 Å². The van der Waals surface area contributed by atoms with Gasteiger partial charge in [0.2, 0.25) is 0 Å². The van der Waals surface area contributed by atoms with Crippen LogP contribution in [0.1, 0.15) is 77.5 Å². The maximum absolute atomic E-state index is 13.4. The number of benzene rings is 1. The lowest BCUT2D eigenvalue weighted by molar-refractivity contribution is 0.0950. The van der Waals surface area contributed by atoms with Crippen molar-refractivity contribution in [3.8, 4) is 0 Å². The molecule has 1 fully saturated rings. The van der Waals surface area contributed by atoms with Crippen LogP contribution in [-0.4, -0.2) is 34.7 Å². The van der Waals surface area contributed by atoms with Crippen LogP contribution in [0.15, 0.2) is 36.4 Å². The lowest BCUT2D eigenvalue weighted by Gasteiger charge is -2.38. The molecule has 0 unspecified atom stereocenters. The number of hydrogen-bond acceptors (Lipinski definition) is 4. The van der Waals surface area contributed by atoms with E-state index in [2.05, 4.69) is 46.4 Å². The second-order valence-corrected chi connectivity index (χ2v) is 9.44. The van der Waals surface area contributed by atoms with E-state index in [1.165, 1.54) is 5.56 Å². The number of anilines is 1. The van der Waals surface area contributed by atoms with Gasteiger partial charge in [-0.05, 0) is 101 Å². The smallest absolute Gasteiger partial charge is 0.251 e. The third-order valence-electron chi connectivity index (χ3n) is 7.20. The number of pyridine rings is 1. The molecule has 1 aliphatic heterocycles. The molecule has 1 saturated carbocycles. The minimum Gasteiger partial charge on any atom is -0.393 e. The SMILES string of the molecule is CCN(c1cccc2c1C/C=C/CCc1cc(C)nc(C)c1CNC2=O)C1CCC(O)CC1. The van der Waals surface area contributed by atoms with Gasteiger partial charge in [0.15, 0.2) is 0 Å². The number of nitrogens with zero attached hydrogens (tertiary/aromatic N) is 2. The first-order chi connectivity index (χ1) is 16.0. The van der Waals surface area contributed by atoms with Gasteiger partial charge in [0.1, 0.15) is 0 Å². The standard InChI is InChI=1S/C28H37N3O2/c1-4-31(22-13-15-23(32)16-14-22)27-12-8-11-25-24(27)10-7-5-6-9-21-17-19(2)30-20(3)26(21)18-29-28(25)33/h5,7-8,11-12,17,22-23,32H,4,6,9-10,13-16,18H2,1-3H3,(H,29,33)/b7-5+. The van der Waals surface area contributed by atoms with Crippen molar-refractivity contribution in [2.24, 2.45) is 0 Å². The molecule has 0 atom stereocenters. The molecule has 2 N–H and O–H groups in total. The molecule has 0 spiro atoms. The molecular weight excluding hydrogens is 410 g/mol. The normalized spacial score (nSPS) is 22.2. The van der Waals surface area contributed by atoms with E-state index >= 15 is 0 Å². The Morgan fingerprint density at radius 2 is 1.91 bits per heavy atom. The molecule has 2 aliphatic rings. The van der Waals surface area contributed by atoms with Gasteiger partial charge in [0.25, 0.3) is 5.91 Å². The van der Waals surface area contributed by atoms with Crippen molar-refractivity contribution in [2.45, 2.75) is 84.4 Å². The molecule has 2 aromatic rings. The summed E-state index contributed by atoms with van der Waals surface area (Å²) in [4.78, 5) is 20.5. The van der Waals surface area contributed by atoms with Gasteiger partial charge in [-0.1, -0.05) is 18.2 Å². The van der Waals surface area contributed by atoms with Crippen LogP contribution in [0.5, 0.6) is 0 Å². The summed E-state index contributed by atoms with van der Waals surface area (Å²) in [5.41, 5.74) is 7.44. The summed E-state index contributed by atoms with van der Waals surface area (Å²) in [6.07, 6.45) is 10.6. The van der Waals surface area contributed by atoms with Gasteiger partial charge in [-0.25, -0.2) is 0 Å². The second-order valence-electron chi connectivity index (χ2n) is 9.44. The highest BCUT2D eigenvalue weighted by atomic mass is 16.3. The summed E-state index contributed by atoms with van der Waals surface area (Å²) in [6.45, 7) is 7.64. The molecular formula is C28H37N3O2. The Kier molecular flexibility index (Phi) is 7.49. The van der Waals surface area contributed by atoms with Gasteiger partial charge in [0, 0.05) is 41.8 Å². The molecule has 1 aromatic heterocycles. The predicted octanol–water partition coefficient (Wildman–Crippen LogP) is 4.80. The number of aromatic nitrogens is 1. The number of amides is 1. The first-order valence-corrected chi connectivity index (χ1v) is 12.4. The van der Waals surface area contributed by atoms with Crippen molar-refractivity contribution in [1.29, 1.82) is 0 Å². The molecule has 33 heavy (non-hydrogen) atoms. The monoisotopic (exact) mass is 447 g/mol. The van der Waals surface area contributed by atoms with E-state index in [0.29, 0.717) is 12.6 Å². The van der Waals surface area contributed by atoms with Crippen LogP contribution in [0.2, 0.25) is 0 Å². The van der Waals surface area contributed by atoms with Crippen LogP contribution < -0.4 is 10.2 Å². The maximum atomic E-state index is 13.4.